The van der Waals surface area contributed by atoms with E-state index in [1.54, 1.807) is 0 Å². The maximum Gasteiger partial charge on any atom is 0.335 e. The van der Waals surface area contributed by atoms with Crippen LogP contribution in [0.25, 0.3) is 0 Å². The van der Waals surface area contributed by atoms with Crippen LogP contribution < -0.4 is 0 Å². The Morgan fingerprint density at radius 1 is 0.410 bits per heavy atom. The summed E-state index contributed by atoms with van der Waals surface area (Å²) in [5, 5.41) is 31.6. The third-order valence-corrected chi connectivity index (χ3v) is 13.7. The summed E-state index contributed by atoms with van der Waals surface area (Å²) in [6, 6.07) is 0. The van der Waals surface area contributed by atoms with Crippen molar-refractivity contribution in [1.82, 2.24) is 0 Å². The minimum Gasteiger partial charge on any atom is -0.479 e. The van der Waals surface area contributed by atoms with Crippen LogP contribution in [0, 0.1) is 0 Å². The lowest BCUT2D eigenvalue weighted by Crippen LogP contribution is -2.61. The number of allylic oxidation sites excluding steroid dienone is 22. The number of aliphatic carboxylic acids is 1. The molecule has 1 rings (SSSR count). The molecule has 1 fully saturated rings. The van der Waals surface area contributed by atoms with Crippen LogP contribution in [0.5, 0.6) is 0 Å². The first kappa shape index (κ1) is 75.9. The van der Waals surface area contributed by atoms with Crippen molar-refractivity contribution in [2.24, 2.45) is 0 Å². The Hall–Kier alpha value is -5.14. The van der Waals surface area contributed by atoms with Crippen molar-refractivity contribution in [3.05, 3.63) is 134 Å². The van der Waals surface area contributed by atoms with Crippen molar-refractivity contribution >= 4 is 23.9 Å². The molecule has 0 radical (unpaired) electrons. The summed E-state index contributed by atoms with van der Waals surface area (Å²) in [5.74, 6) is -3.32. The Balaban J connectivity index is 2.75. The van der Waals surface area contributed by atoms with Gasteiger partial charge in [-0.15, -0.1) is 0 Å². The Bertz CT molecular complexity index is 1950. The summed E-state index contributed by atoms with van der Waals surface area (Å²) < 4.78 is 28.4. The monoisotopic (exact) mass is 1160 g/mol. The molecule has 12 nitrogen and oxygen atoms in total. The molecule has 6 unspecified atom stereocenters. The Morgan fingerprint density at radius 3 is 1.19 bits per heavy atom. The van der Waals surface area contributed by atoms with Crippen molar-refractivity contribution in [2.75, 3.05) is 13.2 Å². The molecule has 12 heteroatoms. The van der Waals surface area contributed by atoms with E-state index < -0.39 is 67.3 Å². The molecule has 1 saturated heterocycles. The predicted octanol–water partition coefficient (Wildman–Crippen LogP) is 17.3. The third kappa shape index (κ3) is 46.9. The van der Waals surface area contributed by atoms with Crippen LogP contribution in [-0.2, 0) is 42.9 Å². The van der Waals surface area contributed by atoms with Gasteiger partial charge in [0.2, 0.25) is 0 Å². The van der Waals surface area contributed by atoms with E-state index in [9.17, 15) is 34.5 Å². The first-order valence-corrected chi connectivity index (χ1v) is 32.2. The van der Waals surface area contributed by atoms with Crippen molar-refractivity contribution in [2.45, 2.75) is 276 Å². The molecule has 0 saturated carbocycles. The number of aliphatic hydroxyl groups excluding tert-OH is 2. The highest BCUT2D eigenvalue weighted by Gasteiger charge is 2.50. The van der Waals surface area contributed by atoms with E-state index in [4.69, 9.17) is 23.7 Å². The van der Waals surface area contributed by atoms with E-state index in [1.807, 2.05) is 24.3 Å². The van der Waals surface area contributed by atoms with Crippen molar-refractivity contribution in [3.63, 3.8) is 0 Å². The van der Waals surface area contributed by atoms with Crippen LogP contribution in [0.4, 0.5) is 0 Å². The first-order chi connectivity index (χ1) is 40.6. The lowest BCUT2D eigenvalue weighted by Gasteiger charge is -2.40. The first-order valence-electron chi connectivity index (χ1n) is 32.2. The fourth-order valence-electron chi connectivity index (χ4n) is 8.90. The fourth-order valence-corrected chi connectivity index (χ4v) is 8.90. The van der Waals surface area contributed by atoms with Crippen molar-refractivity contribution in [3.8, 4) is 0 Å². The normalized spacial score (nSPS) is 18.5. The summed E-state index contributed by atoms with van der Waals surface area (Å²) in [4.78, 5) is 51.3. The smallest absolute Gasteiger partial charge is 0.335 e. The van der Waals surface area contributed by atoms with Crippen LogP contribution in [0.3, 0.4) is 0 Å². The van der Waals surface area contributed by atoms with Gasteiger partial charge in [-0.05, 0) is 96.3 Å². The number of hydrogen-bond acceptors (Lipinski definition) is 11. The molecule has 3 N–H and O–H groups in total. The molecule has 468 valence electrons. The molecule has 0 aromatic carbocycles. The highest BCUT2D eigenvalue weighted by Crippen LogP contribution is 2.26. The topological polar surface area (TPSA) is 175 Å². The van der Waals surface area contributed by atoms with Gasteiger partial charge in [0, 0.05) is 19.3 Å². The number of carbonyl (C=O) groups excluding carboxylic acids is 3. The number of carboxylic acids is 1. The van der Waals surface area contributed by atoms with Gasteiger partial charge in [-0.2, -0.15) is 0 Å². The minimum atomic E-state index is -1.94. The molecule has 6 atom stereocenters. The fraction of sp³-hybridized carbons (Fsp3) is 0.634. The molecule has 0 aliphatic carbocycles. The zero-order valence-electron chi connectivity index (χ0n) is 51.6. The van der Waals surface area contributed by atoms with Gasteiger partial charge in [0.1, 0.15) is 18.8 Å². The maximum absolute atomic E-state index is 13.2. The number of rotatable bonds is 53. The molecule has 0 bridgehead atoms. The van der Waals surface area contributed by atoms with Gasteiger partial charge < -0.3 is 39.0 Å². The van der Waals surface area contributed by atoms with Crippen LogP contribution in [0.15, 0.2) is 134 Å². The van der Waals surface area contributed by atoms with Gasteiger partial charge in [-0.1, -0.05) is 257 Å². The van der Waals surface area contributed by atoms with E-state index >= 15 is 0 Å². The number of carboxylic acid groups (broad SMARTS) is 1. The highest BCUT2D eigenvalue weighted by atomic mass is 16.7. The molecule has 0 aromatic heterocycles. The molecule has 1 heterocycles. The molecule has 1 aliphatic heterocycles. The van der Waals surface area contributed by atoms with Crippen molar-refractivity contribution in [1.29, 1.82) is 0 Å². The molecule has 0 spiro atoms. The maximum atomic E-state index is 13.2. The summed E-state index contributed by atoms with van der Waals surface area (Å²) in [5.41, 5.74) is 0. The molecule has 1 aliphatic rings. The minimum absolute atomic E-state index is 0.0762. The van der Waals surface area contributed by atoms with Crippen molar-refractivity contribution < 1.29 is 58.2 Å². The summed E-state index contributed by atoms with van der Waals surface area (Å²) in [7, 11) is 0. The third-order valence-electron chi connectivity index (χ3n) is 13.7. The van der Waals surface area contributed by atoms with Crippen LogP contribution >= 0.6 is 0 Å². The Morgan fingerprint density at radius 2 is 0.783 bits per heavy atom. The van der Waals surface area contributed by atoms with Gasteiger partial charge >= 0.3 is 23.9 Å². The van der Waals surface area contributed by atoms with E-state index in [2.05, 4.69) is 130 Å². The largest absolute Gasteiger partial charge is 0.479 e. The number of aliphatic hydroxyl groups is 2. The van der Waals surface area contributed by atoms with Crippen LogP contribution in [0.2, 0.25) is 0 Å². The predicted molar refractivity (Wildman–Crippen MR) is 340 cm³/mol. The number of carbonyl (C=O) groups is 4. The number of hydrogen-bond donors (Lipinski definition) is 3. The lowest BCUT2D eigenvalue weighted by atomic mass is 9.98. The second-order valence-electron chi connectivity index (χ2n) is 21.3. The van der Waals surface area contributed by atoms with E-state index in [1.165, 1.54) is 83.5 Å². The van der Waals surface area contributed by atoms with E-state index in [0.717, 1.165) is 83.5 Å². The summed E-state index contributed by atoms with van der Waals surface area (Å²) in [6.45, 7) is 5.70. The van der Waals surface area contributed by atoms with Gasteiger partial charge in [0.25, 0.3) is 0 Å². The number of unbranched alkanes of at least 4 members (excludes halogenated alkanes) is 17. The lowest BCUT2D eigenvalue weighted by molar-refractivity contribution is -0.301. The second kappa shape index (κ2) is 57.3. The van der Waals surface area contributed by atoms with Gasteiger partial charge in [-0.3, -0.25) is 14.4 Å². The van der Waals surface area contributed by atoms with Gasteiger partial charge in [0.05, 0.1) is 6.61 Å². The number of esters is 3. The molecule has 83 heavy (non-hydrogen) atoms. The van der Waals surface area contributed by atoms with Gasteiger partial charge in [0.15, 0.2) is 24.6 Å². The zero-order chi connectivity index (χ0) is 60.3. The quantitative estimate of drug-likeness (QED) is 0.0228. The summed E-state index contributed by atoms with van der Waals surface area (Å²) in [6.07, 6.45) is 68.6. The number of ether oxygens (including phenoxy) is 5. The zero-order valence-corrected chi connectivity index (χ0v) is 51.6. The Kier molecular flexibility index (Phi) is 52.4. The molecular weight excluding hydrogens is 1040 g/mol. The van der Waals surface area contributed by atoms with Crippen LogP contribution in [-0.4, -0.2) is 89.2 Å². The summed E-state index contributed by atoms with van der Waals surface area (Å²) >= 11 is 0. The van der Waals surface area contributed by atoms with Gasteiger partial charge in [-0.25, -0.2) is 4.79 Å². The standard InChI is InChI=1S/C71H112O12/c1-4-7-10-13-16-19-22-25-28-31-32-35-38-41-44-47-50-53-56-59-65(74)82-69-67(76)66(75)68(70(77)78)83-71(69)80-61-62(81-64(73)58-55-52-49-46-43-40-37-34-30-27-24-21-18-15-12-9-6-3)60-79-63(72)57-54-51-48-45-42-39-36-33-29-26-23-20-17-14-11-8-5-2/h7-8,10-11,16-17,19-20,25-26,28-29,32,35-36,39,41,44-45,48,50,53,62,66-69,71,75-76H,4-6,9,12-15,18,21-24,27,30-31,33-34,37-38,40,42-43,46-47,49,51-52,54-61H2,1-3H3,(H,77,78)/b10-7-,11-8-,19-16-,20-17-,28-25-,29-26-,35-32-,39-36-,44-41-,48-45-,53-50-. The SMILES string of the molecule is CC/C=C\C/C=C\C/C=C\C/C=C\C/C=C\C/C=C\CCC(=O)OC1C(OCC(COC(=O)CCC/C=C\C/C=C\C/C=C\C/C=C\C/C=C\CC)OC(=O)CCCCCCCCCCCCCCCCCCC)OC(C(=O)O)C(O)C1O. The van der Waals surface area contributed by atoms with E-state index in [0.29, 0.717) is 32.1 Å². The highest BCUT2D eigenvalue weighted by molar-refractivity contribution is 5.74. The molecular formula is C71H112O12. The Labute approximate surface area is 502 Å². The average Bonchev–Trinajstić information content (AvgIpc) is 3.55. The average molecular weight is 1160 g/mol. The van der Waals surface area contributed by atoms with E-state index in [-0.39, 0.29) is 25.9 Å². The second-order valence-corrected chi connectivity index (χ2v) is 21.3. The molecule has 0 amide bonds. The van der Waals surface area contributed by atoms with Crippen LogP contribution in [0.1, 0.15) is 239 Å². The molecule has 0 aromatic rings.